The van der Waals surface area contributed by atoms with Crippen LogP contribution in [0.3, 0.4) is 0 Å². The molecule has 0 radical (unpaired) electrons. The van der Waals surface area contributed by atoms with E-state index in [0.29, 0.717) is 23.1 Å². The third-order valence-electron chi connectivity index (χ3n) is 2.18. The summed E-state index contributed by atoms with van der Waals surface area (Å²) in [6.45, 7) is 1.87. The molecule has 0 atom stereocenters. The number of benzene rings is 1. The number of aromatic nitrogens is 2. The van der Waals surface area contributed by atoms with Gasteiger partial charge in [0.15, 0.2) is 11.5 Å². The highest BCUT2D eigenvalue weighted by molar-refractivity contribution is 5.52. The predicted octanol–water partition coefficient (Wildman–Crippen LogP) is 2.17. The lowest BCUT2D eigenvalue weighted by molar-refractivity contribution is 0.374. The molecule has 0 saturated heterocycles. The van der Waals surface area contributed by atoms with E-state index in [9.17, 15) is 0 Å². The summed E-state index contributed by atoms with van der Waals surface area (Å²) in [4.78, 5) is 8.00. The van der Waals surface area contributed by atoms with Gasteiger partial charge in [-0.2, -0.15) is 0 Å². The van der Waals surface area contributed by atoms with Crippen LogP contribution < -0.4 is 15.2 Å². The van der Waals surface area contributed by atoms with Crippen molar-refractivity contribution in [1.29, 1.82) is 0 Å². The Morgan fingerprint density at radius 1 is 1.12 bits per heavy atom. The number of ether oxygens (including phenoxy) is 2. The summed E-state index contributed by atoms with van der Waals surface area (Å²) >= 11 is 0. The molecule has 0 bridgehead atoms. The Morgan fingerprint density at radius 2 is 1.94 bits per heavy atom. The number of nitrogens with two attached hydrogens (primary N) is 1. The van der Waals surface area contributed by atoms with Gasteiger partial charge in [-0.1, -0.05) is 0 Å². The maximum Gasteiger partial charge on any atom is 0.222 e. The standard InChI is InChI=1S/C12H13N3O2/c1-8-5-12(15-7-14-8)17-11-6-9(13)3-4-10(11)16-2/h3-7H,13H2,1-2H3. The largest absolute Gasteiger partial charge is 0.493 e. The zero-order chi connectivity index (χ0) is 12.3. The van der Waals surface area contributed by atoms with E-state index in [-0.39, 0.29) is 0 Å². The highest BCUT2D eigenvalue weighted by atomic mass is 16.5. The van der Waals surface area contributed by atoms with Crippen LogP contribution in [0, 0.1) is 6.92 Å². The summed E-state index contributed by atoms with van der Waals surface area (Å²) in [5.41, 5.74) is 7.13. The van der Waals surface area contributed by atoms with Gasteiger partial charge in [0.05, 0.1) is 7.11 Å². The summed E-state index contributed by atoms with van der Waals surface area (Å²) in [6.07, 6.45) is 1.45. The van der Waals surface area contributed by atoms with Crippen LogP contribution in [0.15, 0.2) is 30.6 Å². The first kappa shape index (κ1) is 11.2. The van der Waals surface area contributed by atoms with Crippen molar-refractivity contribution in [2.75, 3.05) is 12.8 Å². The molecule has 0 aliphatic heterocycles. The van der Waals surface area contributed by atoms with Gasteiger partial charge in [-0.3, -0.25) is 0 Å². The molecule has 1 aromatic carbocycles. The van der Waals surface area contributed by atoms with E-state index in [1.165, 1.54) is 6.33 Å². The maximum absolute atomic E-state index is 5.70. The maximum atomic E-state index is 5.70. The Kier molecular flexibility index (Phi) is 3.09. The van der Waals surface area contributed by atoms with Crippen LogP contribution in [0.4, 0.5) is 5.69 Å². The summed E-state index contributed by atoms with van der Waals surface area (Å²) in [6, 6.07) is 6.93. The van der Waals surface area contributed by atoms with Crippen LogP contribution in [-0.4, -0.2) is 17.1 Å². The van der Waals surface area contributed by atoms with Crippen LogP contribution in [0.5, 0.6) is 17.4 Å². The molecule has 1 heterocycles. The highest BCUT2D eigenvalue weighted by Crippen LogP contribution is 2.32. The second-order valence-electron chi connectivity index (χ2n) is 3.51. The molecule has 0 aliphatic rings. The van der Waals surface area contributed by atoms with Crippen molar-refractivity contribution in [3.05, 3.63) is 36.3 Å². The van der Waals surface area contributed by atoms with Gasteiger partial charge in [-0.15, -0.1) is 0 Å². The number of hydrogen-bond acceptors (Lipinski definition) is 5. The minimum atomic E-state index is 0.460. The molecule has 0 amide bonds. The fourth-order valence-corrected chi connectivity index (χ4v) is 1.37. The first-order chi connectivity index (χ1) is 8.19. The van der Waals surface area contributed by atoms with Crippen LogP contribution in [0.1, 0.15) is 5.69 Å². The smallest absolute Gasteiger partial charge is 0.222 e. The van der Waals surface area contributed by atoms with Gasteiger partial charge in [0.2, 0.25) is 5.88 Å². The lowest BCUT2D eigenvalue weighted by Gasteiger charge is -2.10. The summed E-state index contributed by atoms with van der Waals surface area (Å²) in [7, 11) is 1.57. The number of nitrogens with zero attached hydrogens (tertiary/aromatic N) is 2. The quantitative estimate of drug-likeness (QED) is 0.820. The third kappa shape index (κ3) is 2.63. The second kappa shape index (κ2) is 4.69. The first-order valence-corrected chi connectivity index (χ1v) is 5.09. The van der Waals surface area contributed by atoms with Gasteiger partial charge < -0.3 is 15.2 Å². The molecule has 0 unspecified atom stereocenters. The van der Waals surface area contributed by atoms with E-state index in [1.807, 2.05) is 6.92 Å². The molecular weight excluding hydrogens is 218 g/mol. The number of rotatable bonds is 3. The highest BCUT2D eigenvalue weighted by Gasteiger charge is 2.07. The lowest BCUT2D eigenvalue weighted by atomic mass is 10.3. The van der Waals surface area contributed by atoms with Gasteiger partial charge in [0, 0.05) is 23.5 Å². The molecule has 17 heavy (non-hydrogen) atoms. The second-order valence-corrected chi connectivity index (χ2v) is 3.51. The molecule has 1 aromatic heterocycles. The van der Waals surface area contributed by atoms with Crippen molar-refractivity contribution >= 4 is 5.69 Å². The van der Waals surface area contributed by atoms with Gasteiger partial charge in [-0.05, 0) is 19.1 Å². The lowest BCUT2D eigenvalue weighted by Crippen LogP contribution is -1.95. The molecule has 5 nitrogen and oxygen atoms in total. The fourth-order valence-electron chi connectivity index (χ4n) is 1.37. The zero-order valence-corrected chi connectivity index (χ0v) is 9.68. The Bertz CT molecular complexity index is 529. The van der Waals surface area contributed by atoms with E-state index < -0.39 is 0 Å². The van der Waals surface area contributed by atoms with Gasteiger partial charge in [-0.25, -0.2) is 9.97 Å². The van der Waals surface area contributed by atoms with Crippen molar-refractivity contribution in [2.45, 2.75) is 6.92 Å². The number of aryl methyl sites for hydroxylation is 1. The molecule has 0 spiro atoms. The zero-order valence-electron chi connectivity index (χ0n) is 9.68. The van der Waals surface area contributed by atoms with Crippen LogP contribution >= 0.6 is 0 Å². The molecular formula is C12H13N3O2. The third-order valence-corrected chi connectivity index (χ3v) is 2.18. The Balaban J connectivity index is 2.32. The minimum Gasteiger partial charge on any atom is -0.493 e. The first-order valence-electron chi connectivity index (χ1n) is 5.09. The van der Waals surface area contributed by atoms with Crippen molar-refractivity contribution in [3.8, 4) is 17.4 Å². The molecule has 0 saturated carbocycles. The van der Waals surface area contributed by atoms with Gasteiger partial charge >= 0.3 is 0 Å². The number of hydrogen-bond donors (Lipinski definition) is 1. The van der Waals surface area contributed by atoms with Crippen molar-refractivity contribution in [1.82, 2.24) is 9.97 Å². The summed E-state index contributed by atoms with van der Waals surface area (Å²) < 4.78 is 10.8. The van der Waals surface area contributed by atoms with E-state index in [0.717, 1.165) is 5.69 Å². The molecule has 88 valence electrons. The monoisotopic (exact) mass is 231 g/mol. The van der Waals surface area contributed by atoms with Gasteiger partial charge in [0.25, 0.3) is 0 Å². The topological polar surface area (TPSA) is 70.3 Å². The summed E-state index contributed by atoms with van der Waals surface area (Å²) in [5, 5.41) is 0. The average Bonchev–Trinajstić information content (AvgIpc) is 2.29. The molecule has 5 heteroatoms. The van der Waals surface area contributed by atoms with Crippen LogP contribution in [0.25, 0.3) is 0 Å². The van der Waals surface area contributed by atoms with E-state index in [2.05, 4.69) is 9.97 Å². The fraction of sp³-hybridized carbons (Fsp3) is 0.167. The Morgan fingerprint density at radius 3 is 2.65 bits per heavy atom. The normalized spacial score (nSPS) is 10.0. The number of nitrogen functional groups attached to an aromatic ring is 1. The van der Waals surface area contributed by atoms with Crippen molar-refractivity contribution in [3.63, 3.8) is 0 Å². The summed E-state index contributed by atoms with van der Waals surface area (Å²) in [5.74, 6) is 1.60. The average molecular weight is 231 g/mol. The van der Waals surface area contributed by atoms with Crippen molar-refractivity contribution < 1.29 is 9.47 Å². The number of methoxy groups -OCH3 is 1. The van der Waals surface area contributed by atoms with Crippen molar-refractivity contribution in [2.24, 2.45) is 0 Å². The molecule has 2 N–H and O–H groups in total. The minimum absolute atomic E-state index is 0.460. The Labute approximate surface area is 99.2 Å². The van der Waals surface area contributed by atoms with Gasteiger partial charge in [0.1, 0.15) is 6.33 Å². The van der Waals surface area contributed by atoms with Crippen LogP contribution in [-0.2, 0) is 0 Å². The number of anilines is 1. The molecule has 2 rings (SSSR count). The molecule has 0 fully saturated rings. The Hall–Kier alpha value is -2.30. The van der Waals surface area contributed by atoms with E-state index in [4.69, 9.17) is 15.2 Å². The predicted molar refractivity (Wildman–Crippen MR) is 64.2 cm³/mol. The molecule has 2 aromatic rings. The van der Waals surface area contributed by atoms with E-state index >= 15 is 0 Å². The van der Waals surface area contributed by atoms with Crippen LogP contribution in [0.2, 0.25) is 0 Å². The SMILES string of the molecule is COc1ccc(N)cc1Oc1cc(C)ncn1. The molecule has 0 aliphatic carbocycles. The van der Waals surface area contributed by atoms with E-state index in [1.54, 1.807) is 31.4 Å².